The van der Waals surface area contributed by atoms with E-state index in [2.05, 4.69) is 32.7 Å². The average Bonchev–Trinajstić information content (AvgIpc) is 3.33. The van der Waals surface area contributed by atoms with Gasteiger partial charge in [-0.3, -0.25) is 0 Å². The summed E-state index contributed by atoms with van der Waals surface area (Å²) in [6.07, 6.45) is 1.58. The third-order valence-corrected chi connectivity index (χ3v) is 5.08. The van der Waals surface area contributed by atoms with E-state index in [4.69, 9.17) is 8.83 Å². The van der Waals surface area contributed by atoms with Crippen LogP contribution in [0, 0.1) is 0 Å². The Morgan fingerprint density at radius 2 is 1.96 bits per heavy atom. The smallest absolute Gasteiger partial charge is 0.283 e. The summed E-state index contributed by atoms with van der Waals surface area (Å²) in [6.45, 7) is 0. The molecule has 0 N–H and O–H groups in total. The third-order valence-electron chi connectivity index (χ3n) is 3.07. The van der Waals surface area contributed by atoms with Crippen LogP contribution in [0.25, 0.3) is 22.9 Å². The Kier molecular flexibility index (Phi) is 3.95. The molecule has 23 heavy (non-hydrogen) atoms. The minimum Gasteiger partial charge on any atom is -0.459 e. The van der Waals surface area contributed by atoms with E-state index in [1.54, 1.807) is 41.5 Å². The summed E-state index contributed by atoms with van der Waals surface area (Å²) in [4.78, 5) is 4.63. The molecule has 0 spiro atoms. The predicted molar refractivity (Wildman–Crippen MR) is 89.1 cm³/mol. The fourth-order valence-corrected chi connectivity index (χ4v) is 3.67. The number of aromatic nitrogens is 3. The van der Waals surface area contributed by atoms with E-state index in [0.717, 1.165) is 15.6 Å². The molecule has 114 valence electrons. The van der Waals surface area contributed by atoms with Crippen LogP contribution >= 0.6 is 23.1 Å². The summed E-state index contributed by atoms with van der Waals surface area (Å²) in [7, 11) is 0. The summed E-state index contributed by atoms with van der Waals surface area (Å²) in [5, 5.41) is 10.1. The number of benzene rings is 1. The lowest BCUT2D eigenvalue weighted by Gasteiger charge is -1.94. The van der Waals surface area contributed by atoms with Crippen LogP contribution in [-0.2, 0) is 5.75 Å². The maximum Gasteiger partial charge on any atom is 0.283 e. The Morgan fingerprint density at radius 1 is 1.04 bits per heavy atom. The molecule has 3 heterocycles. The molecule has 7 heteroatoms. The van der Waals surface area contributed by atoms with Crippen LogP contribution in [0.2, 0.25) is 0 Å². The van der Waals surface area contributed by atoms with Crippen LogP contribution in [0.4, 0.5) is 0 Å². The van der Waals surface area contributed by atoms with Crippen LogP contribution in [0.1, 0.15) is 5.89 Å². The molecule has 0 saturated heterocycles. The minimum atomic E-state index is 0.398. The molecule has 0 saturated carbocycles. The van der Waals surface area contributed by atoms with Gasteiger partial charge in [-0.2, -0.15) is 0 Å². The van der Waals surface area contributed by atoms with Crippen molar-refractivity contribution in [3.63, 3.8) is 0 Å². The number of thioether (sulfide) groups is 1. The fourth-order valence-electron chi connectivity index (χ4n) is 2.00. The van der Waals surface area contributed by atoms with Gasteiger partial charge < -0.3 is 8.83 Å². The first-order chi connectivity index (χ1) is 11.4. The SMILES string of the molecule is c1ccc(-c2csc(SCc3nnc(-c4ccco4)o3)n2)cc1. The van der Waals surface area contributed by atoms with Crippen molar-refractivity contribution >= 4 is 23.1 Å². The molecule has 3 aromatic heterocycles. The third kappa shape index (κ3) is 3.20. The zero-order valence-electron chi connectivity index (χ0n) is 11.9. The highest BCUT2D eigenvalue weighted by Gasteiger charge is 2.12. The van der Waals surface area contributed by atoms with Crippen molar-refractivity contribution in [2.24, 2.45) is 0 Å². The fraction of sp³-hybridized carbons (Fsp3) is 0.0625. The summed E-state index contributed by atoms with van der Waals surface area (Å²) < 4.78 is 11.8. The van der Waals surface area contributed by atoms with Gasteiger partial charge in [-0.25, -0.2) is 4.98 Å². The molecular weight excluding hydrogens is 330 g/mol. The van der Waals surface area contributed by atoms with Gasteiger partial charge in [0.05, 0.1) is 17.7 Å². The Morgan fingerprint density at radius 3 is 2.78 bits per heavy atom. The first-order valence-electron chi connectivity index (χ1n) is 6.88. The van der Waals surface area contributed by atoms with E-state index in [9.17, 15) is 0 Å². The molecule has 5 nitrogen and oxygen atoms in total. The molecule has 0 unspecified atom stereocenters. The van der Waals surface area contributed by atoms with Crippen molar-refractivity contribution in [1.82, 2.24) is 15.2 Å². The molecule has 1 aromatic carbocycles. The highest BCUT2D eigenvalue weighted by molar-refractivity contribution is 8.00. The second-order valence-electron chi connectivity index (χ2n) is 4.63. The summed E-state index contributed by atoms with van der Waals surface area (Å²) in [5.41, 5.74) is 2.10. The monoisotopic (exact) mass is 341 g/mol. The predicted octanol–water partition coefficient (Wildman–Crippen LogP) is 4.75. The van der Waals surface area contributed by atoms with Gasteiger partial charge in [0.15, 0.2) is 10.1 Å². The molecule has 0 bridgehead atoms. The molecule has 0 aliphatic rings. The summed E-state index contributed by atoms with van der Waals surface area (Å²) in [6, 6.07) is 13.7. The largest absolute Gasteiger partial charge is 0.459 e. The van der Waals surface area contributed by atoms with Crippen molar-refractivity contribution in [3.8, 4) is 22.9 Å². The van der Waals surface area contributed by atoms with Crippen molar-refractivity contribution in [2.45, 2.75) is 10.1 Å². The van der Waals surface area contributed by atoms with Crippen LogP contribution in [0.5, 0.6) is 0 Å². The standard InChI is InChI=1S/C16H11N3O2S2/c1-2-5-11(6-3-1)12-9-22-16(17-12)23-10-14-18-19-15(21-14)13-7-4-8-20-13/h1-9H,10H2. The van der Waals surface area contributed by atoms with E-state index in [1.807, 2.05) is 18.2 Å². The Hall–Kier alpha value is -2.38. The van der Waals surface area contributed by atoms with Gasteiger partial charge in [0.1, 0.15) is 0 Å². The van der Waals surface area contributed by atoms with Crippen molar-refractivity contribution in [3.05, 3.63) is 60.0 Å². The van der Waals surface area contributed by atoms with Gasteiger partial charge in [0.2, 0.25) is 5.89 Å². The molecule has 4 aromatic rings. The van der Waals surface area contributed by atoms with Crippen LogP contribution in [0.15, 0.2) is 67.3 Å². The van der Waals surface area contributed by atoms with E-state index >= 15 is 0 Å². The lowest BCUT2D eigenvalue weighted by Crippen LogP contribution is -1.81. The minimum absolute atomic E-state index is 0.398. The zero-order valence-corrected chi connectivity index (χ0v) is 13.5. The number of thiazole rings is 1. The zero-order chi connectivity index (χ0) is 15.5. The molecule has 0 fully saturated rings. The molecule has 4 rings (SSSR count). The van der Waals surface area contributed by atoms with Gasteiger partial charge in [-0.15, -0.1) is 21.5 Å². The van der Waals surface area contributed by atoms with Crippen LogP contribution in [-0.4, -0.2) is 15.2 Å². The normalized spacial score (nSPS) is 11.0. The first kappa shape index (κ1) is 14.2. The van der Waals surface area contributed by atoms with Gasteiger partial charge in [-0.1, -0.05) is 42.1 Å². The Labute approximate surface area is 140 Å². The average molecular weight is 341 g/mol. The lowest BCUT2D eigenvalue weighted by molar-refractivity contribution is 0.494. The Balaban J connectivity index is 1.43. The van der Waals surface area contributed by atoms with Crippen LogP contribution in [0.3, 0.4) is 0 Å². The maximum atomic E-state index is 5.58. The number of rotatable bonds is 5. The molecule has 0 aliphatic heterocycles. The van der Waals surface area contributed by atoms with Gasteiger partial charge in [-0.05, 0) is 12.1 Å². The van der Waals surface area contributed by atoms with E-state index in [0.29, 0.717) is 23.3 Å². The second kappa shape index (κ2) is 6.39. The molecular formula is C16H11N3O2S2. The van der Waals surface area contributed by atoms with Crippen molar-refractivity contribution in [1.29, 1.82) is 0 Å². The quantitative estimate of drug-likeness (QED) is 0.488. The highest BCUT2D eigenvalue weighted by atomic mass is 32.2. The second-order valence-corrected chi connectivity index (χ2v) is 6.71. The number of nitrogens with zero attached hydrogens (tertiary/aromatic N) is 3. The van der Waals surface area contributed by atoms with Crippen molar-refractivity contribution < 1.29 is 8.83 Å². The van der Waals surface area contributed by atoms with E-state index in [-0.39, 0.29) is 0 Å². The van der Waals surface area contributed by atoms with Gasteiger partial charge in [0, 0.05) is 10.9 Å². The lowest BCUT2D eigenvalue weighted by atomic mass is 10.2. The van der Waals surface area contributed by atoms with Gasteiger partial charge >= 0.3 is 0 Å². The topological polar surface area (TPSA) is 65.0 Å². The number of furan rings is 1. The van der Waals surface area contributed by atoms with Gasteiger partial charge in [0.25, 0.3) is 5.89 Å². The first-order valence-corrected chi connectivity index (χ1v) is 8.75. The molecule has 0 radical (unpaired) electrons. The van der Waals surface area contributed by atoms with E-state index in [1.165, 1.54) is 0 Å². The Bertz CT molecular complexity index is 885. The van der Waals surface area contributed by atoms with E-state index < -0.39 is 0 Å². The molecule has 0 atom stereocenters. The maximum absolute atomic E-state index is 5.58. The molecule has 0 aliphatic carbocycles. The number of hydrogen-bond acceptors (Lipinski definition) is 7. The number of hydrogen-bond donors (Lipinski definition) is 0. The van der Waals surface area contributed by atoms with Crippen molar-refractivity contribution in [2.75, 3.05) is 0 Å². The highest BCUT2D eigenvalue weighted by Crippen LogP contribution is 2.30. The summed E-state index contributed by atoms with van der Waals surface area (Å²) in [5.74, 6) is 2.11. The summed E-state index contributed by atoms with van der Waals surface area (Å²) >= 11 is 3.19. The van der Waals surface area contributed by atoms with Crippen LogP contribution < -0.4 is 0 Å². The molecule has 0 amide bonds.